The molecule has 1 aliphatic rings. The van der Waals surface area contributed by atoms with Crippen LogP contribution in [-0.2, 0) is 16.1 Å². The summed E-state index contributed by atoms with van der Waals surface area (Å²) in [5.74, 6) is 0.531. The highest BCUT2D eigenvalue weighted by molar-refractivity contribution is 5.76. The van der Waals surface area contributed by atoms with Crippen LogP contribution in [-0.4, -0.2) is 41.3 Å². The van der Waals surface area contributed by atoms with E-state index in [9.17, 15) is 4.79 Å². The largest absolute Gasteiger partial charge is 0.381 e. The zero-order valence-electron chi connectivity index (χ0n) is 12.8. The van der Waals surface area contributed by atoms with Gasteiger partial charge in [0.05, 0.1) is 17.9 Å². The Morgan fingerprint density at radius 2 is 2.23 bits per heavy atom. The number of ether oxygens (including phenoxy) is 1. The summed E-state index contributed by atoms with van der Waals surface area (Å²) in [5.41, 5.74) is 2.92. The van der Waals surface area contributed by atoms with Gasteiger partial charge in [0.25, 0.3) is 0 Å². The normalized spacial score (nSPS) is 17.6. The van der Waals surface area contributed by atoms with Crippen molar-refractivity contribution in [2.45, 2.75) is 19.4 Å². The van der Waals surface area contributed by atoms with Crippen LogP contribution in [0.15, 0.2) is 36.4 Å². The molecule has 1 aromatic heterocycles. The molecular weight excluding hydrogens is 278 g/mol. The molecule has 1 N–H and O–H groups in total. The summed E-state index contributed by atoms with van der Waals surface area (Å²) in [5, 5.41) is 7.33. The van der Waals surface area contributed by atoms with Crippen LogP contribution in [0.4, 0.5) is 0 Å². The van der Waals surface area contributed by atoms with Crippen molar-refractivity contribution < 1.29 is 9.53 Å². The van der Waals surface area contributed by atoms with E-state index in [4.69, 9.17) is 4.74 Å². The van der Waals surface area contributed by atoms with Crippen LogP contribution < -0.4 is 0 Å². The highest BCUT2D eigenvalue weighted by Gasteiger charge is 2.21. The van der Waals surface area contributed by atoms with Gasteiger partial charge in [-0.25, -0.2) is 0 Å². The fraction of sp³-hybridized carbons (Fsp3) is 0.412. The fourth-order valence-corrected chi connectivity index (χ4v) is 2.69. The molecule has 0 saturated carbocycles. The molecule has 0 aliphatic carbocycles. The Kier molecular flexibility index (Phi) is 4.53. The molecular formula is C17H21N3O2. The van der Waals surface area contributed by atoms with Gasteiger partial charge in [-0.15, -0.1) is 0 Å². The van der Waals surface area contributed by atoms with Crippen LogP contribution in [0, 0.1) is 5.92 Å². The van der Waals surface area contributed by atoms with E-state index in [1.165, 1.54) is 0 Å². The lowest BCUT2D eigenvalue weighted by atomic mass is 10.0. The molecule has 1 atom stereocenters. The van der Waals surface area contributed by atoms with E-state index in [1.54, 1.807) is 4.90 Å². The van der Waals surface area contributed by atoms with E-state index in [0.29, 0.717) is 25.5 Å². The summed E-state index contributed by atoms with van der Waals surface area (Å²) in [6.07, 6.45) is 1.55. The Bertz CT molecular complexity index is 618. The first-order chi connectivity index (χ1) is 10.7. The second-order valence-corrected chi connectivity index (χ2v) is 5.83. The van der Waals surface area contributed by atoms with E-state index >= 15 is 0 Å². The lowest BCUT2D eigenvalue weighted by Gasteiger charge is -2.17. The standard InChI is InChI=1S/C17H21N3O2/c1-20(17(21)9-13-7-8-22-12-13)11-15-10-16(19-18-15)14-5-3-2-4-6-14/h2-6,10,13H,7-9,11-12H2,1H3,(H,18,19)/t13-/m1/s1. The smallest absolute Gasteiger partial charge is 0.223 e. The Morgan fingerprint density at radius 1 is 1.41 bits per heavy atom. The molecule has 1 saturated heterocycles. The monoisotopic (exact) mass is 299 g/mol. The number of amides is 1. The number of nitrogens with zero attached hydrogens (tertiary/aromatic N) is 2. The van der Waals surface area contributed by atoms with Crippen molar-refractivity contribution >= 4 is 5.91 Å². The van der Waals surface area contributed by atoms with Gasteiger partial charge in [0.15, 0.2) is 0 Å². The average Bonchev–Trinajstić information content (AvgIpc) is 3.20. The van der Waals surface area contributed by atoms with Gasteiger partial charge in [0.1, 0.15) is 0 Å². The minimum absolute atomic E-state index is 0.159. The van der Waals surface area contributed by atoms with Crippen molar-refractivity contribution in [3.63, 3.8) is 0 Å². The maximum Gasteiger partial charge on any atom is 0.223 e. The van der Waals surface area contributed by atoms with Crippen LogP contribution in [0.5, 0.6) is 0 Å². The van der Waals surface area contributed by atoms with Crippen LogP contribution in [0.1, 0.15) is 18.5 Å². The molecule has 22 heavy (non-hydrogen) atoms. The highest BCUT2D eigenvalue weighted by Crippen LogP contribution is 2.19. The molecule has 116 valence electrons. The molecule has 2 heterocycles. The Hall–Kier alpha value is -2.14. The summed E-state index contributed by atoms with van der Waals surface area (Å²) in [6.45, 7) is 2.04. The summed E-state index contributed by atoms with van der Waals surface area (Å²) >= 11 is 0. The van der Waals surface area contributed by atoms with Crippen LogP contribution in [0.2, 0.25) is 0 Å². The van der Waals surface area contributed by atoms with E-state index in [2.05, 4.69) is 10.2 Å². The lowest BCUT2D eigenvalue weighted by Crippen LogP contribution is -2.28. The van der Waals surface area contributed by atoms with Crippen molar-refractivity contribution in [3.05, 3.63) is 42.1 Å². The quantitative estimate of drug-likeness (QED) is 0.922. The minimum Gasteiger partial charge on any atom is -0.381 e. The predicted octanol–water partition coefficient (Wildman–Crippen LogP) is 2.46. The van der Waals surface area contributed by atoms with Crippen molar-refractivity contribution in [3.8, 4) is 11.3 Å². The maximum atomic E-state index is 12.2. The maximum absolute atomic E-state index is 12.2. The molecule has 0 spiro atoms. The SMILES string of the molecule is CN(Cc1cc(-c2ccccc2)n[nH]1)C(=O)C[C@H]1CCOC1. The molecule has 5 heteroatoms. The summed E-state index contributed by atoms with van der Waals surface area (Å²) in [4.78, 5) is 14.0. The van der Waals surface area contributed by atoms with E-state index in [-0.39, 0.29) is 5.91 Å². The molecule has 0 radical (unpaired) electrons. The van der Waals surface area contributed by atoms with Crippen LogP contribution in [0.3, 0.4) is 0 Å². The number of aromatic amines is 1. The Labute approximate surface area is 130 Å². The van der Waals surface area contributed by atoms with E-state index < -0.39 is 0 Å². The first kappa shape index (κ1) is 14.8. The van der Waals surface area contributed by atoms with Gasteiger partial charge in [-0.3, -0.25) is 9.89 Å². The van der Waals surface area contributed by atoms with Gasteiger partial charge in [0.2, 0.25) is 5.91 Å². The number of hydrogen-bond donors (Lipinski definition) is 1. The van der Waals surface area contributed by atoms with Crippen molar-refractivity contribution in [2.75, 3.05) is 20.3 Å². The summed E-state index contributed by atoms with van der Waals surface area (Å²) in [6, 6.07) is 12.0. The number of nitrogens with one attached hydrogen (secondary N) is 1. The molecule has 0 bridgehead atoms. The third kappa shape index (κ3) is 3.54. The molecule has 2 aromatic rings. The Morgan fingerprint density at radius 3 is 2.95 bits per heavy atom. The molecule has 1 fully saturated rings. The average molecular weight is 299 g/mol. The number of H-pyrrole nitrogens is 1. The number of aromatic nitrogens is 2. The van der Waals surface area contributed by atoms with Gasteiger partial charge in [-0.1, -0.05) is 30.3 Å². The summed E-state index contributed by atoms with van der Waals surface area (Å²) < 4.78 is 5.32. The first-order valence-corrected chi connectivity index (χ1v) is 7.64. The number of carbonyl (C=O) groups excluding carboxylic acids is 1. The Balaban J connectivity index is 1.58. The highest BCUT2D eigenvalue weighted by atomic mass is 16.5. The number of hydrogen-bond acceptors (Lipinski definition) is 3. The fourth-order valence-electron chi connectivity index (χ4n) is 2.69. The van der Waals surface area contributed by atoms with Gasteiger partial charge in [-0.05, 0) is 18.4 Å². The predicted molar refractivity (Wildman–Crippen MR) is 84.0 cm³/mol. The van der Waals surface area contributed by atoms with Gasteiger partial charge in [-0.2, -0.15) is 5.10 Å². The molecule has 1 aliphatic heterocycles. The van der Waals surface area contributed by atoms with Crippen molar-refractivity contribution in [1.82, 2.24) is 15.1 Å². The molecule has 1 aromatic carbocycles. The van der Waals surface area contributed by atoms with E-state index in [1.807, 2.05) is 43.4 Å². The first-order valence-electron chi connectivity index (χ1n) is 7.64. The minimum atomic E-state index is 0.159. The molecule has 0 unspecified atom stereocenters. The van der Waals surface area contributed by atoms with Gasteiger partial charge < -0.3 is 9.64 Å². The second kappa shape index (κ2) is 6.75. The summed E-state index contributed by atoms with van der Waals surface area (Å²) in [7, 11) is 1.83. The third-order valence-electron chi connectivity index (χ3n) is 4.02. The van der Waals surface area contributed by atoms with E-state index in [0.717, 1.165) is 30.0 Å². The second-order valence-electron chi connectivity index (χ2n) is 5.83. The molecule has 5 nitrogen and oxygen atoms in total. The van der Waals surface area contributed by atoms with Crippen molar-refractivity contribution in [2.24, 2.45) is 5.92 Å². The molecule has 1 amide bonds. The number of carbonyl (C=O) groups is 1. The van der Waals surface area contributed by atoms with Gasteiger partial charge >= 0.3 is 0 Å². The van der Waals surface area contributed by atoms with Gasteiger partial charge in [0, 0.05) is 32.2 Å². The third-order valence-corrected chi connectivity index (χ3v) is 4.02. The zero-order valence-corrected chi connectivity index (χ0v) is 12.8. The number of rotatable bonds is 5. The van der Waals surface area contributed by atoms with Crippen LogP contribution >= 0.6 is 0 Å². The van der Waals surface area contributed by atoms with Crippen LogP contribution in [0.25, 0.3) is 11.3 Å². The zero-order chi connectivity index (χ0) is 15.4. The topological polar surface area (TPSA) is 58.2 Å². The number of benzene rings is 1. The lowest BCUT2D eigenvalue weighted by molar-refractivity contribution is -0.131. The molecule has 3 rings (SSSR count). The van der Waals surface area contributed by atoms with Crippen molar-refractivity contribution in [1.29, 1.82) is 0 Å².